The molecule has 1 aliphatic heterocycles. The molecule has 5 aliphatic carbocycles. The van der Waals surface area contributed by atoms with Crippen LogP contribution in [0.25, 0.3) is 65.5 Å². The second-order valence-corrected chi connectivity index (χ2v) is 19.6. The van der Waals surface area contributed by atoms with Crippen molar-refractivity contribution >= 4 is 31.5 Å². The Balaban J connectivity index is 0.990. The van der Waals surface area contributed by atoms with E-state index in [9.17, 15) is 0 Å². The van der Waals surface area contributed by atoms with Gasteiger partial charge in [-0.3, -0.25) is 0 Å². The van der Waals surface area contributed by atoms with Gasteiger partial charge in [0.1, 0.15) is 11.5 Å². The maximum Gasteiger partial charge on any atom is 0.164 e. The summed E-state index contributed by atoms with van der Waals surface area (Å²) in [6.45, 7) is 0. The molecule has 2 aromatic heterocycles. The molecule has 61 heavy (non-hydrogen) atoms. The quantitative estimate of drug-likeness (QED) is 0.178. The average molecular weight is 804 g/mol. The SMILES string of the molecule is c1ccc2c(c1)Oc1ccccc1C21c2ccccc2-c2cc(-c3nc(-c4ccc5sc6ccccc6c5c4)nc(-c4ccccc4C45CC6CC(CC(C6)C4)C5)n3)ccc21. The number of hydrogen-bond donors (Lipinski definition) is 0. The Labute approximate surface area is 359 Å². The van der Waals surface area contributed by atoms with Gasteiger partial charge < -0.3 is 4.74 Å². The average Bonchev–Trinajstić information content (AvgIpc) is 3.82. The van der Waals surface area contributed by atoms with Crippen LogP contribution in [0.4, 0.5) is 0 Å². The second kappa shape index (κ2) is 12.6. The molecular formula is C56H41N3OS. The molecule has 4 saturated carbocycles. The predicted octanol–water partition coefficient (Wildman–Crippen LogP) is 14.2. The standard InChI is InChI=1S/C56H41N3OS/c1-5-15-44-38(11-1)41-28-36(21-23-45(41)56(44)46-16-6-8-18-48(46)60-49-19-9-7-17-47(49)56)52-57-53(37-22-24-51-42(29-37)39-12-3-10-20-50(39)61-51)59-54(58-52)40-13-2-4-14-43(40)55-30-33-25-34(31-55)27-35(26-33)32-55/h1-24,28-29,33-35H,25-27,30-32H2. The van der Waals surface area contributed by atoms with Crippen LogP contribution in [-0.4, -0.2) is 15.0 Å². The van der Waals surface area contributed by atoms with Gasteiger partial charge in [0.05, 0.1) is 5.41 Å². The second-order valence-electron chi connectivity index (χ2n) is 18.5. The van der Waals surface area contributed by atoms with Gasteiger partial charge in [-0.2, -0.15) is 0 Å². The van der Waals surface area contributed by atoms with Gasteiger partial charge in [0.25, 0.3) is 0 Å². The zero-order valence-electron chi connectivity index (χ0n) is 33.6. The van der Waals surface area contributed by atoms with Gasteiger partial charge in [0, 0.05) is 48.0 Å². The topological polar surface area (TPSA) is 47.9 Å². The van der Waals surface area contributed by atoms with Crippen molar-refractivity contribution < 1.29 is 4.74 Å². The normalized spacial score (nSPS) is 22.2. The lowest BCUT2D eigenvalue weighted by Crippen LogP contribution is -2.48. The number of thiophene rings is 1. The number of benzene rings is 7. The van der Waals surface area contributed by atoms with E-state index in [0.717, 1.165) is 62.9 Å². The summed E-state index contributed by atoms with van der Waals surface area (Å²) in [6.07, 6.45) is 8.08. The van der Waals surface area contributed by atoms with Crippen molar-refractivity contribution in [3.63, 3.8) is 0 Å². The smallest absolute Gasteiger partial charge is 0.164 e. The van der Waals surface area contributed by atoms with Gasteiger partial charge >= 0.3 is 0 Å². The van der Waals surface area contributed by atoms with Gasteiger partial charge in [-0.1, -0.05) is 115 Å². The highest BCUT2D eigenvalue weighted by atomic mass is 32.1. The van der Waals surface area contributed by atoms with Crippen LogP contribution in [0.15, 0.2) is 158 Å². The molecule has 0 N–H and O–H groups in total. The molecule has 4 fully saturated rings. The highest BCUT2D eigenvalue weighted by Crippen LogP contribution is 2.63. The predicted molar refractivity (Wildman–Crippen MR) is 246 cm³/mol. The zero-order valence-corrected chi connectivity index (χ0v) is 34.5. The fraction of sp³-hybridized carbons (Fsp3) is 0.196. The molecule has 0 amide bonds. The Morgan fingerprint density at radius 2 is 0.951 bits per heavy atom. The molecule has 1 spiro atoms. The number of fused-ring (bicyclic) bond motifs is 12. The molecular weight excluding hydrogens is 763 g/mol. The Hall–Kier alpha value is -6.43. The largest absolute Gasteiger partial charge is 0.457 e. The first-order valence-corrected chi connectivity index (χ1v) is 22.8. The fourth-order valence-corrected chi connectivity index (χ4v) is 14.3. The summed E-state index contributed by atoms with van der Waals surface area (Å²) < 4.78 is 9.17. The van der Waals surface area contributed by atoms with Crippen LogP contribution >= 0.6 is 11.3 Å². The minimum Gasteiger partial charge on any atom is -0.457 e. The Bertz CT molecular complexity index is 3230. The van der Waals surface area contributed by atoms with Gasteiger partial charge in [-0.25, -0.2) is 15.0 Å². The molecule has 9 aromatic rings. The lowest BCUT2D eigenvalue weighted by Gasteiger charge is -2.57. The lowest BCUT2D eigenvalue weighted by atomic mass is 9.47. The van der Waals surface area contributed by atoms with Crippen molar-refractivity contribution in [2.45, 2.75) is 49.4 Å². The molecule has 4 nitrogen and oxygen atoms in total. The molecule has 3 heterocycles. The minimum atomic E-state index is -0.527. The van der Waals surface area contributed by atoms with E-state index in [1.807, 2.05) is 11.3 Å². The Kier molecular flexibility index (Phi) is 7.06. The highest BCUT2D eigenvalue weighted by molar-refractivity contribution is 7.25. The Morgan fingerprint density at radius 3 is 1.67 bits per heavy atom. The molecule has 5 heteroatoms. The van der Waals surface area contributed by atoms with E-state index in [1.165, 1.54) is 86.5 Å². The van der Waals surface area contributed by atoms with Gasteiger partial charge in [-0.05, 0) is 132 Å². The minimum absolute atomic E-state index is 0.189. The van der Waals surface area contributed by atoms with Crippen molar-refractivity contribution in [2.75, 3.05) is 0 Å². The summed E-state index contributed by atoms with van der Waals surface area (Å²) in [5.41, 5.74) is 11.5. The van der Waals surface area contributed by atoms with E-state index in [0.29, 0.717) is 11.6 Å². The van der Waals surface area contributed by atoms with Crippen LogP contribution in [0.2, 0.25) is 0 Å². The van der Waals surface area contributed by atoms with Crippen molar-refractivity contribution in [3.05, 3.63) is 186 Å². The van der Waals surface area contributed by atoms with Crippen LogP contribution in [0, 0.1) is 17.8 Å². The maximum atomic E-state index is 6.60. The first-order chi connectivity index (χ1) is 30.1. The van der Waals surface area contributed by atoms with Crippen LogP contribution in [0.5, 0.6) is 11.5 Å². The van der Waals surface area contributed by atoms with E-state index in [1.54, 1.807) is 0 Å². The van der Waals surface area contributed by atoms with E-state index >= 15 is 0 Å². The van der Waals surface area contributed by atoms with Gasteiger partial charge in [0.15, 0.2) is 17.5 Å². The maximum absolute atomic E-state index is 6.60. The number of para-hydroxylation sites is 2. The molecule has 0 atom stereocenters. The summed E-state index contributed by atoms with van der Waals surface area (Å²) >= 11 is 1.84. The summed E-state index contributed by atoms with van der Waals surface area (Å²) in [6, 6.07) is 57.5. The van der Waals surface area contributed by atoms with E-state index in [2.05, 4.69) is 158 Å². The van der Waals surface area contributed by atoms with Crippen molar-refractivity contribution in [2.24, 2.45) is 17.8 Å². The van der Waals surface area contributed by atoms with Crippen LogP contribution in [0.3, 0.4) is 0 Å². The first-order valence-electron chi connectivity index (χ1n) is 22.0. The van der Waals surface area contributed by atoms with Crippen molar-refractivity contribution in [3.8, 4) is 56.8 Å². The van der Waals surface area contributed by atoms with Crippen LogP contribution in [0.1, 0.15) is 66.3 Å². The molecule has 4 bridgehead atoms. The number of aromatic nitrogens is 3. The molecule has 292 valence electrons. The Morgan fingerprint density at radius 1 is 0.426 bits per heavy atom. The number of hydrogen-bond acceptors (Lipinski definition) is 5. The molecule has 0 saturated heterocycles. The monoisotopic (exact) mass is 803 g/mol. The van der Waals surface area contributed by atoms with Crippen LogP contribution < -0.4 is 4.74 Å². The first kappa shape index (κ1) is 34.3. The van der Waals surface area contributed by atoms with Crippen molar-refractivity contribution in [1.82, 2.24) is 15.0 Å². The third-order valence-corrected chi connectivity index (χ3v) is 16.3. The number of ether oxygens (including phenoxy) is 1. The summed E-state index contributed by atoms with van der Waals surface area (Å²) in [5.74, 6) is 6.48. The molecule has 15 rings (SSSR count). The van der Waals surface area contributed by atoms with Gasteiger partial charge in [-0.15, -0.1) is 11.3 Å². The third-order valence-electron chi connectivity index (χ3n) is 15.2. The highest BCUT2D eigenvalue weighted by Gasteiger charge is 2.53. The van der Waals surface area contributed by atoms with E-state index in [4.69, 9.17) is 19.7 Å². The molecule has 0 radical (unpaired) electrons. The van der Waals surface area contributed by atoms with Crippen LogP contribution in [-0.2, 0) is 10.8 Å². The molecule has 7 aromatic carbocycles. The van der Waals surface area contributed by atoms with Crippen molar-refractivity contribution in [1.29, 1.82) is 0 Å². The van der Waals surface area contributed by atoms with E-state index < -0.39 is 5.41 Å². The fourth-order valence-electron chi connectivity index (χ4n) is 13.2. The lowest BCUT2D eigenvalue weighted by molar-refractivity contribution is -0.00494. The molecule has 6 aliphatic rings. The van der Waals surface area contributed by atoms with Gasteiger partial charge in [0.2, 0.25) is 0 Å². The summed E-state index contributed by atoms with van der Waals surface area (Å²) in [5, 5.41) is 2.51. The zero-order chi connectivity index (χ0) is 39.9. The summed E-state index contributed by atoms with van der Waals surface area (Å²) in [4.78, 5) is 16.4. The number of rotatable bonds is 4. The number of nitrogens with zero attached hydrogens (tertiary/aromatic N) is 3. The third kappa shape index (κ3) is 4.84. The van der Waals surface area contributed by atoms with E-state index in [-0.39, 0.29) is 5.41 Å². The molecule has 0 unspecified atom stereocenters. The summed E-state index contributed by atoms with van der Waals surface area (Å²) in [7, 11) is 0.